The van der Waals surface area contributed by atoms with Crippen molar-refractivity contribution in [2.24, 2.45) is 5.92 Å². The van der Waals surface area contributed by atoms with Crippen LogP contribution >= 0.6 is 27.5 Å². The minimum absolute atomic E-state index is 0.0970. The molecule has 1 saturated carbocycles. The lowest BCUT2D eigenvalue weighted by Crippen LogP contribution is -2.42. The molecule has 0 spiro atoms. The molecule has 3 nitrogen and oxygen atoms in total. The number of pyridine rings is 1. The number of hydrogen-bond acceptors (Lipinski definition) is 2. The Balaban J connectivity index is 2.04. The summed E-state index contributed by atoms with van der Waals surface area (Å²) in [5.74, 6) is 0.420. The molecule has 2 unspecified atom stereocenters. The van der Waals surface area contributed by atoms with Gasteiger partial charge >= 0.3 is 0 Å². The first kappa shape index (κ1) is 13.8. The van der Waals surface area contributed by atoms with Crippen LogP contribution < -0.4 is 5.32 Å². The third-order valence-electron chi connectivity index (χ3n) is 3.44. The maximum atomic E-state index is 12.2. The Labute approximate surface area is 120 Å². The largest absolute Gasteiger partial charge is 0.349 e. The molecule has 0 aliphatic heterocycles. The van der Waals surface area contributed by atoms with E-state index < -0.39 is 0 Å². The standard InChI is InChI=1S/C13H16BrClN2O/c14-7-9-3-1-2-4-12(9)17-13(18)10-5-6-16-8-11(10)15/h5-6,8-9,12H,1-4,7H2,(H,17,18). The van der Waals surface area contributed by atoms with Crippen LogP contribution in [-0.2, 0) is 0 Å². The molecule has 18 heavy (non-hydrogen) atoms. The summed E-state index contributed by atoms with van der Waals surface area (Å²) in [4.78, 5) is 16.0. The first-order chi connectivity index (χ1) is 8.72. The molecule has 1 N–H and O–H groups in total. The summed E-state index contributed by atoms with van der Waals surface area (Å²) in [5, 5.41) is 4.43. The van der Waals surface area contributed by atoms with Crippen molar-refractivity contribution in [1.82, 2.24) is 10.3 Å². The van der Waals surface area contributed by atoms with Crippen molar-refractivity contribution in [2.45, 2.75) is 31.7 Å². The quantitative estimate of drug-likeness (QED) is 0.862. The van der Waals surface area contributed by atoms with Crippen molar-refractivity contribution >= 4 is 33.4 Å². The van der Waals surface area contributed by atoms with Crippen LogP contribution in [0.3, 0.4) is 0 Å². The minimum Gasteiger partial charge on any atom is -0.349 e. The zero-order chi connectivity index (χ0) is 13.0. The molecule has 1 fully saturated rings. The maximum Gasteiger partial charge on any atom is 0.253 e. The Morgan fingerprint density at radius 2 is 2.28 bits per heavy atom. The van der Waals surface area contributed by atoms with E-state index >= 15 is 0 Å². The Kier molecular flexibility index (Phi) is 5.01. The van der Waals surface area contributed by atoms with Crippen molar-refractivity contribution in [3.8, 4) is 0 Å². The predicted octanol–water partition coefficient (Wildman–Crippen LogP) is 3.42. The number of amides is 1. The van der Waals surface area contributed by atoms with Gasteiger partial charge in [0, 0.05) is 23.8 Å². The second kappa shape index (κ2) is 6.53. The van der Waals surface area contributed by atoms with Crippen LogP contribution in [0.5, 0.6) is 0 Å². The topological polar surface area (TPSA) is 42.0 Å². The Morgan fingerprint density at radius 3 is 3.00 bits per heavy atom. The highest BCUT2D eigenvalue weighted by atomic mass is 79.9. The van der Waals surface area contributed by atoms with E-state index in [1.165, 1.54) is 25.5 Å². The summed E-state index contributed by atoms with van der Waals surface area (Å²) in [6, 6.07) is 1.90. The van der Waals surface area contributed by atoms with Gasteiger partial charge in [-0.1, -0.05) is 40.4 Å². The monoisotopic (exact) mass is 330 g/mol. The molecule has 0 radical (unpaired) electrons. The Hall–Kier alpha value is -0.610. The third-order valence-corrected chi connectivity index (χ3v) is 4.57. The number of hydrogen-bond donors (Lipinski definition) is 1. The van der Waals surface area contributed by atoms with Gasteiger partial charge in [-0.15, -0.1) is 0 Å². The fraction of sp³-hybridized carbons (Fsp3) is 0.538. The zero-order valence-electron chi connectivity index (χ0n) is 10.0. The lowest BCUT2D eigenvalue weighted by molar-refractivity contribution is 0.0911. The van der Waals surface area contributed by atoms with Gasteiger partial charge in [0.1, 0.15) is 0 Å². The molecule has 2 rings (SSSR count). The average molecular weight is 332 g/mol. The van der Waals surface area contributed by atoms with E-state index in [0.29, 0.717) is 16.5 Å². The van der Waals surface area contributed by atoms with Crippen LogP contribution in [0, 0.1) is 5.92 Å². The molecule has 1 amide bonds. The number of halogens is 2. The summed E-state index contributed by atoms with van der Waals surface area (Å²) >= 11 is 9.50. The van der Waals surface area contributed by atoms with Gasteiger partial charge in [-0.2, -0.15) is 0 Å². The van der Waals surface area contributed by atoms with E-state index in [9.17, 15) is 4.79 Å². The van der Waals surface area contributed by atoms with Gasteiger partial charge in [0.05, 0.1) is 10.6 Å². The number of nitrogens with zero attached hydrogens (tertiary/aromatic N) is 1. The normalized spacial score (nSPS) is 23.7. The van der Waals surface area contributed by atoms with Crippen molar-refractivity contribution in [1.29, 1.82) is 0 Å². The number of carbonyl (C=O) groups excluding carboxylic acids is 1. The highest BCUT2D eigenvalue weighted by molar-refractivity contribution is 9.09. The molecule has 2 atom stereocenters. The number of nitrogens with one attached hydrogen (secondary N) is 1. The summed E-state index contributed by atoms with van der Waals surface area (Å²) in [7, 11) is 0. The van der Waals surface area contributed by atoms with Crippen LogP contribution in [0.2, 0.25) is 5.02 Å². The summed E-state index contributed by atoms with van der Waals surface area (Å²) < 4.78 is 0. The SMILES string of the molecule is O=C(NC1CCCCC1CBr)c1ccncc1Cl. The molecular weight excluding hydrogens is 316 g/mol. The number of aromatic nitrogens is 1. The molecule has 1 aromatic rings. The van der Waals surface area contributed by atoms with Crippen LogP contribution in [0.1, 0.15) is 36.0 Å². The Morgan fingerprint density at radius 1 is 1.50 bits per heavy atom. The van der Waals surface area contributed by atoms with E-state index in [0.717, 1.165) is 11.8 Å². The van der Waals surface area contributed by atoms with E-state index in [1.807, 2.05) is 0 Å². The number of carbonyl (C=O) groups is 1. The molecular formula is C13H16BrClN2O. The summed E-state index contributed by atoms with van der Waals surface area (Å²) in [6.45, 7) is 0. The molecule has 1 aliphatic rings. The van der Waals surface area contributed by atoms with Gasteiger partial charge in [0.15, 0.2) is 0 Å². The zero-order valence-corrected chi connectivity index (χ0v) is 12.4. The minimum atomic E-state index is -0.0970. The average Bonchev–Trinajstić information content (AvgIpc) is 2.39. The second-order valence-electron chi connectivity index (χ2n) is 4.63. The third kappa shape index (κ3) is 3.23. The smallest absolute Gasteiger partial charge is 0.253 e. The van der Waals surface area contributed by atoms with E-state index in [-0.39, 0.29) is 11.9 Å². The molecule has 98 valence electrons. The number of rotatable bonds is 3. The fourth-order valence-electron chi connectivity index (χ4n) is 2.39. The molecule has 1 aliphatic carbocycles. The molecule has 5 heteroatoms. The molecule has 0 aromatic carbocycles. The van der Waals surface area contributed by atoms with Crippen molar-refractivity contribution in [3.05, 3.63) is 29.0 Å². The van der Waals surface area contributed by atoms with Gasteiger partial charge < -0.3 is 5.32 Å². The van der Waals surface area contributed by atoms with Crippen LogP contribution in [0.25, 0.3) is 0 Å². The lowest BCUT2D eigenvalue weighted by atomic mass is 9.86. The first-order valence-electron chi connectivity index (χ1n) is 6.18. The van der Waals surface area contributed by atoms with Crippen LogP contribution in [0.15, 0.2) is 18.5 Å². The van der Waals surface area contributed by atoms with E-state index in [2.05, 4.69) is 26.2 Å². The first-order valence-corrected chi connectivity index (χ1v) is 7.68. The van der Waals surface area contributed by atoms with Crippen LogP contribution in [-0.4, -0.2) is 22.3 Å². The van der Waals surface area contributed by atoms with E-state index in [4.69, 9.17) is 11.6 Å². The van der Waals surface area contributed by atoms with Gasteiger partial charge in [0.25, 0.3) is 5.91 Å². The predicted molar refractivity (Wildman–Crippen MR) is 76.3 cm³/mol. The van der Waals surface area contributed by atoms with Gasteiger partial charge in [-0.05, 0) is 24.8 Å². The highest BCUT2D eigenvalue weighted by Crippen LogP contribution is 2.26. The molecule has 1 heterocycles. The van der Waals surface area contributed by atoms with Crippen molar-refractivity contribution in [2.75, 3.05) is 5.33 Å². The second-order valence-corrected chi connectivity index (χ2v) is 5.69. The fourth-order valence-corrected chi connectivity index (χ4v) is 3.37. The van der Waals surface area contributed by atoms with Crippen LogP contribution in [0.4, 0.5) is 0 Å². The molecule has 0 bridgehead atoms. The van der Waals surface area contributed by atoms with E-state index in [1.54, 1.807) is 12.3 Å². The molecule has 1 aromatic heterocycles. The molecule has 0 saturated heterocycles. The van der Waals surface area contributed by atoms with Crippen molar-refractivity contribution in [3.63, 3.8) is 0 Å². The summed E-state index contributed by atoms with van der Waals surface area (Å²) in [6.07, 6.45) is 7.73. The Bertz CT molecular complexity index is 427. The van der Waals surface area contributed by atoms with Gasteiger partial charge in [0.2, 0.25) is 0 Å². The maximum absolute atomic E-state index is 12.2. The van der Waals surface area contributed by atoms with Crippen molar-refractivity contribution < 1.29 is 4.79 Å². The van der Waals surface area contributed by atoms with Gasteiger partial charge in [-0.25, -0.2) is 0 Å². The summed E-state index contributed by atoms with van der Waals surface area (Å²) in [5.41, 5.74) is 0.505. The lowest BCUT2D eigenvalue weighted by Gasteiger charge is -2.31. The number of alkyl halides is 1. The highest BCUT2D eigenvalue weighted by Gasteiger charge is 2.26. The van der Waals surface area contributed by atoms with Gasteiger partial charge in [-0.3, -0.25) is 9.78 Å².